The quantitative estimate of drug-likeness (QED) is 0.223. The molecule has 4 aliphatic rings. The number of anilines is 1. The predicted octanol–water partition coefficient (Wildman–Crippen LogP) is 8.28. The fourth-order valence-corrected chi connectivity index (χ4v) is 9.54. The van der Waals surface area contributed by atoms with E-state index in [0.717, 1.165) is 43.4 Å². The molecule has 0 bridgehead atoms. The van der Waals surface area contributed by atoms with Crippen LogP contribution < -0.4 is 5.43 Å². The molecule has 42 heavy (non-hydrogen) atoms. The Labute approximate surface area is 249 Å². The van der Waals surface area contributed by atoms with E-state index < -0.39 is 9.85 Å². The molecule has 1 aromatic rings. The van der Waals surface area contributed by atoms with Crippen LogP contribution in [-0.2, 0) is 0 Å². The van der Waals surface area contributed by atoms with E-state index in [1.807, 2.05) is 0 Å². The molecule has 0 amide bonds. The van der Waals surface area contributed by atoms with Gasteiger partial charge in [0.15, 0.2) is 0 Å². The van der Waals surface area contributed by atoms with Gasteiger partial charge in [-0.3, -0.25) is 25.7 Å². The zero-order chi connectivity index (χ0) is 30.4. The van der Waals surface area contributed by atoms with Crippen molar-refractivity contribution in [3.05, 3.63) is 50.1 Å². The number of allylic oxidation sites excluding steroid dienone is 1. The molecule has 0 saturated heterocycles. The second kappa shape index (κ2) is 11.7. The molecule has 0 heterocycles. The minimum Gasteiger partial charge on any atom is -0.393 e. The highest BCUT2D eigenvalue weighted by Gasteiger charge is 2.60. The van der Waals surface area contributed by atoms with Crippen LogP contribution in [0.1, 0.15) is 98.8 Å². The van der Waals surface area contributed by atoms with Crippen LogP contribution in [-0.4, -0.2) is 26.8 Å². The first kappa shape index (κ1) is 30.6. The lowest BCUT2D eigenvalue weighted by atomic mass is 9.46. The second-order valence-electron chi connectivity index (χ2n) is 14.6. The van der Waals surface area contributed by atoms with Crippen molar-refractivity contribution in [3.63, 3.8) is 0 Å². The number of nitro benzene ring substituents is 2. The van der Waals surface area contributed by atoms with Gasteiger partial charge in [0.25, 0.3) is 5.69 Å². The van der Waals surface area contributed by atoms with Crippen molar-refractivity contribution in [3.8, 4) is 0 Å². The van der Waals surface area contributed by atoms with Gasteiger partial charge in [-0.15, -0.1) is 0 Å². The lowest BCUT2D eigenvalue weighted by Gasteiger charge is -2.58. The maximum Gasteiger partial charge on any atom is 0.301 e. The van der Waals surface area contributed by atoms with Crippen LogP contribution in [0.2, 0.25) is 0 Å². The molecule has 2 N–H and O–H groups in total. The normalized spacial score (nSPS) is 35.6. The van der Waals surface area contributed by atoms with Crippen molar-refractivity contribution in [2.45, 2.75) is 105 Å². The number of nitrogens with one attached hydrogen (secondary N) is 1. The highest BCUT2D eigenvalue weighted by Crippen LogP contribution is 2.67. The summed E-state index contributed by atoms with van der Waals surface area (Å²) >= 11 is 0. The highest BCUT2D eigenvalue weighted by molar-refractivity contribution is 6.00. The Morgan fingerprint density at radius 2 is 1.79 bits per heavy atom. The Kier molecular flexibility index (Phi) is 8.54. The number of hydrogen-bond acceptors (Lipinski definition) is 7. The second-order valence-corrected chi connectivity index (χ2v) is 14.6. The fraction of sp³-hybridized carbons (Fsp3) is 0.727. The van der Waals surface area contributed by atoms with Crippen molar-refractivity contribution in [1.29, 1.82) is 0 Å². The summed E-state index contributed by atoms with van der Waals surface area (Å²) < 4.78 is 0. The molecule has 8 atom stereocenters. The topological polar surface area (TPSA) is 131 Å². The van der Waals surface area contributed by atoms with Crippen LogP contribution in [0.5, 0.6) is 0 Å². The SMILES string of the molecule is CC(C)CCC[C@@H](C)[C@H]1CCC2C3/C(=N/Nc4ccc([N+](=O)[O-])cc4[N+](=O)[O-])C=C4C[C@@H](O)CC[C@]4(C)C3CC[C@@]21C. The molecule has 5 rings (SSSR count). The Hall–Kier alpha value is -2.81. The summed E-state index contributed by atoms with van der Waals surface area (Å²) in [6, 6.07) is 3.63. The minimum absolute atomic E-state index is 0.0184. The van der Waals surface area contributed by atoms with E-state index >= 15 is 0 Å². The highest BCUT2D eigenvalue weighted by atomic mass is 16.6. The molecule has 0 aliphatic heterocycles. The third-order valence-electron chi connectivity index (χ3n) is 11.8. The van der Waals surface area contributed by atoms with E-state index in [9.17, 15) is 25.3 Å². The maximum absolute atomic E-state index is 11.8. The summed E-state index contributed by atoms with van der Waals surface area (Å²) in [5, 5.41) is 38.5. The maximum atomic E-state index is 11.8. The minimum atomic E-state index is -0.628. The third kappa shape index (κ3) is 5.49. The summed E-state index contributed by atoms with van der Waals surface area (Å²) in [5.74, 6) is 3.19. The van der Waals surface area contributed by atoms with Crippen molar-refractivity contribution >= 4 is 22.8 Å². The van der Waals surface area contributed by atoms with Crippen LogP contribution in [0.3, 0.4) is 0 Å². The molecule has 4 aliphatic carbocycles. The average molecular weight is 581 g/mol. The van der Waals surface area contributed by atoms with Gasteiger partial charge in [0.1, 0.15) is 5.69 Å². The van der Waals surface area contributed by atoms with Crippen LogP contribution in [0.25, 0.3) is 0 Å². The van der Waals surface area contributed by atoms with E-state index in [0.29, 0.717) is 30.1 Å². The van der Waals surface area contributed by atoms with Crippen LogP contribution in [0.4, 0.5) is 17.1 Å². The Morgan fingerprint density at radius 1 is 1.02 bits per heavy atom. The Morgan fingerprint density at radius 3 is 2.48 bits per heavy atom. The van der Waals surface area contributed by atoms with E-state index in [-0.39, 0.29) is 39.9 Å². The first-order valence-electron chi connectivity index (χ1n) is 16.0. The summed E-state index contributed by atoms with van der Waals surface area (Å²) in [7, 11) is 0. The van der Waals surface area contributed by atoms with Crippen molar-refractivity contribution < 1.29 is 15.0 Å². The molecular formula is C33H48N4O5. The standard InChI is InChI=1S/C33H48N4O5/c1-20(2)7-6-8-21(3)25-10-11-26-31-27(14-16-33(25,26)5)32(4)15-13-24(38)17-22(32)18-29(31)35-34-28-12-9-23(36(39)40)19-30(28)37(41)42/h9,12,18-21,24-27,31,34,38H,6-8,10-11,13-17H2,1-5H3/b35-29+/t21-,24+,25-,26?,27?,31?,32+,33-/m1/s1. The monoisotopic (exact) mass is 580 g/mol. The van der Waals surface area contributed by atoms with E-state index in [1.54, 1.807) is 0 Å². The number of fused-ring (bicyclic) bond motifs is 5. The molecule has 3 saturated carbocycles. The summed E-state index contributed by atoms with van der Waals surface area (Å²) in [5.41, 5.74) is 4.81. The number of rotatable bonds is 9. The van der Waals surface area contributed by atoms with E-state index in [4.69, 9.17) is 5.10 Å². The number of benzene rings is 1. The first-order chi connectivity index (χ1) is 19.8. The van der Waals surface area contributed by atoms with Gasteiger partial charge in [0.2, 0.25) is 0 Å². The van der Waals surface area contributed by atoms with Gasteiger partial charge in [-0.2, -0.15) is 5.10 Å². The van der Waals surface area contributed by atoms with Gasteiger partial charge in [0, 0.05) is 12.0 Å². The van der Waals surface area contributed by atoms with E-state index in [2.05, 4.69) is 46.1 Å². The number of nitro groups is 2. The lowest BCUT2D eigenvalue weighted by molar-refractivity contribution is -0.393. The molecule has 0 aromatic heterocycles. The predicted molar refractivity (Wildman–Crippen MR) is 165 cm³/mol. The molecule has 3 unspecified atom stereocenters. The fourth-order valence-electron chi connectivity index (χ4n) is 9.54. The Bertz CT molecular complexity index is 1280. The Balaban J connectivity index is 1.50. The first-order valence-corrected chi connectivity index (χ1v) is 16.0. The van der Waals surface area contributed by atoms with Crippen molar-refractivity contribution in [2.75, 3.05) is 5.43 Å². The van der Waals surface area contributed by atoms with Crippen molar-refractivity contribution in [2.24, 2.45) is 51.4 Å². The molecule has 3 fully saturated rings. The van der Waals surface area contributed by atoms with Crippen LogP contribution in [0, 0.1) is 66.6 Å². The average Bonchev–Trinajstić information content (AvgIpc) is 3.29. The molecule has 0 radical (unpaired) electrons. The van der Waals surface area contributed by atoms with Gasteiger partial charge in [0.05, 0.1) is 27.7 Å². The van der Waals surface area contributed by atoms with Crippen LogP contribution >= 0.6 is 0 Å². The number of aliphatic hydroxyl groups excluding tert-OH is 1. The number of nitrogens with zero attached hydrogens (tertiary/aromatic N) is 3. The zero-order valence-corrected chi connectivity index (χ0v) is 25.8. The number of aliphatic hydroxyl groups is 1. The third-order valence-corrected chi connectivity index (χ3v) is 11.8. The van der Waals surface area contributed by atoms with Gasteiger partial charge < -0.3 is 5.11 Å². The summed E-state index contributed by atoms with van der Waals surface area (Å²) in [6.45, 7) is 12.0. The lowest BCUT2D eigenvalue weighted by Crippen LogP contribution is -2.54. The smallest absolute Gasteiger partial charge is 0.301 e. The van der Waals surface area contributed by atoms with Crippen molar-refractivity contribution in [1.82, 2.24) is 0 Å². The molecule has 9 nitrogen and oxygen atoms in total. The zero-order valence-electron chi connectivity index (χ0n) is 25.8. The van der Waals surface area contributed by atoms with Gasteiger partial charge in [-0.05, 0) is 97.5 Å². The number of hydrazone groups is 1. The van der Waals surface area contributed by atoms with Crippen LogP contribution in [0.15, 0.2) is 34.9 Å². The summed E-state index contributed by atoms with van der Waals surface area (Å²) in [6.07, 6.45) is 12.8. The molecule has 1 aromatic carbocycles. The largest absolute Gasteiger partial charge is 0.393 e. The molecule has 230 valence electrons. The van der Waals surface area contributed by atoms with Gasteiger partial charge >= 0.3 is 5.69 Å². The van der Waals surface area contributed by atoms with E-state index in [1.165, 1.54) is 49.8 Å². The molecular weight excluding hydrogens is 532 g/mol. The summed E-state index contributed by atoms with van der Waals surface area (Å²) in [4.78, 5) is 21.8. The van der Waals surface area contributed by atoms with Gasteiger partial charge in [-0.1, -0.05) is 59.5 Å². The number of non-ortho nitro benzene ring substituents is 1. The molecule has 9 heteroatoms. The number of hydrogen-bond donors (Lipinski definition) is 2. The van der Waals surface area contributed by atoms with Gasteiger partial charge in [-0.25, -0.2) is 0 Å². The molecule has 0 spiro atoms.